The summed E-state index contributed by atoms with van der Waals surface area (Å²) in [7, 11) is 1.97. The van der Waals surface area contributed by atoms with Crippen molar-refractivity contribution in [2.45, 2.75) is 13.0 Å². The first-order valence-electron chi connectivity index (χ1n) is 6.64. The smallest absolute Gasteiger partial charge is 0.0460 e. The maximum Gasteiger partial charge on any atom is 0.0460 e. The topological polar surface area (TPSA) is 27.8 Å². The molecule has 0 saturated heterocycles. The van der Waals surface area contributed by atoms with Crippen molar-refractivity contribution in [1.29, 1.82) is 0 Å². The minimum Gasteiger partial charge on any atom is -0.361 e. The SMILES string of the molecule is CNCc1c[nH]c2cc(Cc3ccccc3)ccc12. The molecule has 0 saturated carbocycles. The van der Waals surface area contributed by atoms with Crippen molar-refractivity contribution in [3.8, 4) is 0 Å². The summed E-state index contributed by atoms with van der Waals surface area (Å²) in [6.07, 6.45) is 3.07. The van der Waals surface area contributed by atoms with Crippen LogP contribution >= 0.6 is 0 Å². The van der Waals surface area contributed by atoms with E-state index in [9.17, 15) is 0 Å². The molecule has 0 spiro atoms. The third-order valence-electron chi connectivity index (χ3n) is 3.45. The Bertz CT molecular complexity index is 668. The molecule has 0 aliphatic carbocycles. The lowest BCUT2D eigenvalue weighted by Crippen LogP contribution is -2.03. The number of H-pyrrole nitrogens is 1. The molecule has 1 aromatic heterocycles. The number of nitrogens with one attached hydrogen (secondary N) is 2. The molecule has 1 heterocycles. The van der Waals surface area contributed by atoms with Crippen molar-refractivity contribution in [3.05, 3.63) is 71.4 Å². The normalized spacial score (nSPS) is 11.0. The number of aromatic nitrogens is 1. The molecule has 2 aromatic carbocycles. The Labute approximate surface area is 113 Å². The van der Waals surface area contributed by atoms with E-state index in [1.54, 1.807) is 0 Å². The molecule has 0 radical (unpaired) electrons. The Morgan fingerprint density at radius 2 is 1.84 bits per heavy atom. The van der Waals surface area contributed by atoms with Gasteiger partial charge in [-0.05, 0) is 36.2 Å². The van der Waals surface area contributed by atoms with E-state index in [1.807, 2.05) is 7.05 Å². The fourth-order valence-electron chi connectivity index (χ4n) is 2.51. The van der Waals surface area contributed by atoms with Crippen LogP contribution in [-0.2, 0) is 13.0 Å². The number of hydrogen-bond donors (Lipinski definition) is 2. The zero-order chi connectivity index (χ0) is 13.1. The minimum atomic E-state index is 0.901. The summed E-state index contributed by atoms with van der Waals surface area (Å²) in [6.45, 7) is 0.901. The van der Waals surface area contributed by atoms with Gasteiger partial charge in [-0.2, -0.15) is 0 Å². The predicted molar refractivity (Wildman–Crippen MR) is 80.3 cm³/mol. The second kappa shape index (κ2) is 5.29. The van der Waals surface area contributed by atoms with Crippen LogP contribution in [0.2, 0.25) is 0 Å². The Morgan fingerprint density at radius 1 is 1.00 bits per heavy atom. The highest BCUT2D eigenvalue weighted by Gasteiger charge is 2.04. The molecule has 0 amide bonds. The third-order valence-corrected chi connectivity index (χ3v) is 3.45. The van der Waals surface area contributed by atoms with E-state index in [4.69, 9.17) is 0 Å². The maximum atomic E-state index is 3.36. The largest absolute Gasteiger partial charge is 0.361 e. The van der Waals surface area contributed by atoms with Gasteiger partial charge < -0.3 is 10.3 Å². The van der Waals surface area contributed by atoms with E-state index in [-0.39, 0.29) is 0 Å². The molecule has 0 fully saturated rings. The monoisotopic (exact) mass is 250 g/mol. The van der Waals surface area contributed by atoms with Gasteiger partial charge in [0, 0.05) is 23.6 Å². The summed E-state index contributed by atoms with van der Waals surface area (Å²) in [6, 6.07) is 17.3. The van der Waals surface area contributed by atoms with Gasteiger partial charge in [0.25, 0.3) is 0 Å². The molecule has 0 unspecified atom stereocenters. The lowest BCUT2D eigenvalue weighted by Gasteiger charge is -2.03. The molecule has 0 aliphatic heterocycles. The van der Waals surface area contributed by atoms with Gasteiger partial charge in [0.1, 0.15) is 0 Å². The molecular formula is C17H18N2. The summed E-state index contributed by atoms with van der Waals surface area (Å²) < 4.78 is 0. The fourth-order valence-corrected chi connectivity index (χ4v) is 2.51. The van der Waals surface area contributed by atoms with E-state index < -0.39 is 0 Å². The number of hydrogen-bond acceptors (Lipinski definition) is 1. The van der Waals surface area contributed by atoms with Gasteiger partial charge in [0.05, 0.1) is 0 Å². The summed E-state index contributed by atoms with van der Waals surface area (Å²) in [5.74, 6) is 0. The van der Waals surface area contributed by atoms with Gasteiger partial charge in [0.2, 0.25) is 0 Å². The van der Waals surface area contributed by atoms with E-state index in [0.717, 1.165) is 13.0 Å². The lowest BCUT2D eigenvalue weighted by molar-refractivity contribution is 0.823. The summed E-state index contributed by atoms with van der Waals surface area (Å²) in [5.41, 5.74) is 5.24. The van der Waals surface area contributed by atoms with Crippen LogP contribution in [0.4, 0.5) is 0 Å². The van der Waals surface area contributed by atoms with E-state index in [0.29, 0.717) is 0 Å². The molecular weight excluding hydrogens is 232 g/mol. The molecule has 2 N–H and O–H groups in total. The first-order valence-corrected chi connectivity index (χ1v) is 6.64. The van der Waals surface area contributed by atoms with E-state index in [2.05, 4.69) is 65.0 Å². The van der Waals surface area contributed by atoms with Crippen molar-refractivity contribution in [3.63, 3.8) is 0 Å². The molecule has 2 heteroatoms. The molecule has 3 aromatic rings. The Balaban J connectivity index is 1.90. The molecule has 2 nitrogen and oxygen atoms in total. The van der Waals surface area contributed by atoms with Crippen LogP contribution in [0.3, 0.4) is 0 Å². The molecule has 0 atom stereocenters. The van der Waals surface area contributed by atoms with E-state index >= 15 is 0 Å². The summed E-state index contributed by atoms with van der Waals surface area (Å²) in [5, 5.41) is 4.51. The standard InChI is InChI=1S/C17H18N2/c1-18-11-15-12-19-17-10-14(7-8-16(15)17)9-13-5-3-2-4-6-13/h2-8,10,12,18-19H,9,11H2,1H3. The molecule has 19 heavy (non-hydrogen) atoms. The van der Waals surface area contributed by atoms with Crippen LogP contribution < -0.4 is 5.32 Å². The summed E-state index contributed by atoms with van der Waals surface area (Å²) >= 11 is 0. The van der Waals surface area contributed by atoms with Crippen LogP contribution in [-0.4, -0.2) is 12.0 Å². The average Bonchev–Trinajstić information content (AvgIpc) is 2.83. The van der Waals surface area contributed by atoms with Crippen molar-refractivity contribution in [2.75, 3.05) is 7.05 Å². The van der Waals surface area contributed by atoms with E-state index in [1.165, 1.54) is 27.6 Å². The number of rotatable bonds is 4. The van der Waals surface area contributed by atoms with Gasteiger partial charge in [0.15, 0.2) is 0 Å². The van der Waals surface area contributed by atoms with Crippen LogP contribution in [0.1, 0.15) is 16.7 Å². The first-order chi connectivity index (χ1) is 9.36. The van der Waals surface area contributed by atoms with Crippen molar-refractivity contribution >= 4 is 10.9 Å². The molecule has 0 aliphatic rings. The highest BCUT2D eigenvalue weighted by molar-refractivity contribution is 5.83. The van der Waals surface area contributed by atoms with Gasteiger partial charge in [-0.25, -0.2) is 0 Å². The van der Waals surface area contributed by atoms with Gasteiger partial charge >= 0.3 is 0 Å². The van der Waals surface area contributed by atoms with Crippen molar-refractivity contribution in [2.24, 2.45) is 0 Å². The van der Waals surface area contributed by atoms with Crippen LogP contribution in [0, 0.1) is 0 Å². The maximum absolute atomic E-state index is 3.36. The lowest BCUT2D eigenvalue weighted by atomic mass is 10.0. The number of benzene rings is 2. The first kappa shape index (κ1) is 12.0. The highest BCUT2D eigenvalue weighted by Crippen LogP contribution is 2.21. The van der Waals surface area contributed by atoms with Gasteiger partial charge in [-0.1, -0.05) is 42.5 Å². The Hall–Kier alpha value is -2.06. The molecule has 96 valence electrons. The average molecular weight is 250 g/mol. The second-order valence-corrected chi connectivity index (χ2v) is 4.89. The highest BCUT2D eigenvalue weighted by atomic mass is 14.8. The zero-order valence-electron chi connectivity index (χ0n) is 11.1. The molecule has 0 bridgehead atoms. The predicted octanol–water partition coefficient (Wildman–Crippen LogP) is 3.48. The minimum absolute atomic E-state index is 0.901. The quantitative estimate of drug-likeness (QED) is 0.729. The zero-order valence-corrected chi connectivity index (χ0v) is 11.1. The summed E-state index contributed by atoms with van der Waals surface area (Å²) in [4.78, 5) is 3.36. The number of aromatic amines is 1. The molecule has 3 rings (SSSR count). The van der Waals surface area contributed by atoms with Crippen LogP contribution in [0.5, 0.6) is 0 Å². The van der Waals surface area contributed by atoms with Gasteiger partial charge in [-0.3, -0.25) is 0 Å². The third kappa shape index (κ3) is 2.54. The number of fused-ring (bicyclic) bond motifs is 1. The van der Waals surface area contributed by atoms with Crippen LogP contribution in [0.15, 0.2) is 54.7 Å². The van der Waals surface area contributed by atoms with Gasteiger partial charge in [-0.15, -0.1) is 0 Å². The Morgan fingerprint density at radius 3 is 2.63 bits per heavy atom. The second-order valence-electron chi connectivity index (χ2n) is 4.89. The Kier molecular flexibility index (Phi) is 3.34. The van der Waals surface area contributed by atoms with Crippen molar-refractivity contribution in [1.82, 2.24) is 10.3 Å². The van der Waals surface area contributed by atoms with Crippen LogP contribution in [0.25, 0.3) is 10.9 Å². The van der Waals surface area contributed by atoms with Crippen molar-refractivity contribution < 1.29 is 0 Å². The fraction of sp³-hybridized carbons (Fsp3) is 0.176.